The molecular formula is C64H126NO8P. The second-order valence-corrected chi connectivity index (χ2v) is 23.8. The van der Waals surface area contributed by atoms with Crippen LogP contribution >= 0.6 is 7.82 Å². The zero-order chi connectivity index (χ0) is 53.8. The monoisotopic (exact) mass is 1070 g/mol. The summed E-state index contributed by atoms with van der Waals surface area (Å²) in [7, 11) is -4.38. The van der Waals surface area contributed by atoms with E-state index in [1.54, 1.807) is 0 Å². The molecule has 0 heterocycles. The van der Waals surface area contributed by atoms with Crippen molar-refractivity contribution in [2.75, 3.05) is 26.4 Å². The van der Waals surface area contributed by atoms with E-state index in [-0.39, 0.29) is 38.6 Å². The minimum absolute atomic E-state index is 0.0579. The molecule has 0 aromatic rings. The van der Waals surface area contributed by atoms with Gasteiger partial charge in [0.25, 0.3) is 0 Å². The fraction of sp³-hybridized carbons (Fsp3) is 0.938. The lowest BCUT2D eigenvalue weighted by Crippen LogP contribution is -2.29. The SMILES string of the molecule is CCCCCCCCCC/C=C\CCCCCCCCCCCCCCCCCCCCCCCCCC(=O)OC(COC(=O)CCCCCCCCCCCCCCCCCCCC)COP(=O)(O)OCCN. The summed E-state index contributed by atoms with van der Waals surface area (Å²) in [6.07, 6.45) is 71.6. The van der Waals surface area contributed by atoms with E-state index in [0.29, 0.717) is 6.42 Å². The Morgan fingerprint density at radius 3 is 0.959 bits per heavy atom. The van der Waals surface area contributed by atoms with Gasteiger partial charge in [-0.2, -0.15) is 0 Å². The molecule has 0 saturated heterocycles. The van der Waals surface area contributed by atoms with Crippen molar-refractivity contribution < 1.29 is 37.6 Å². The highest BCUT2D eigenvalue weighted by Crippen LogP contribution is 2.43. The first-order chi connectivity index (χ1) is 36.3. The molecule has 0 aliphatic heterocycles. The molecular weight excluding hydrogens is 942 g/mol. The minimum atomic E-state index is -4.38. The molecule has 0 aromatic carbocycles. The third-order valence-corrected chi connectivity index (χ3v) is 15.9. The molecule has 2 unspecified atom stereocenters. The van der Waals surface area contributed by atoms with Crippen molar-refractivity contribution in [3.63, 3.8) is 0 Å². The highest BCUT2D eigenvalue weighted by Gasteiger charge is 2.26. The summed E-state index contributed by atoms with van der Waals surface area (Å²) in [4.78, 5) is 35.2. The highest BCUT2D eigenvalue weighted by atomic mass is 31.2. The summed E-state index contributed by atoms with van der Waals surface area (Å²) in [5, 5.41) is 0. The lowest BCUT2D eigenvalue weighted by molar-refractivity contribution is -0.161. The fourth-order valence-electron chi connectivity index (χ4n) is 10.0. The summed E-state index contributed by atoms with van der Waals surface area (Å²) in [6, 6.07) is 0. The summed E-state index contributed by atoms with van der Waals surface area (Å²) in [6.45, 7) is 3.82. The van der Waals surface area contributed by atoms with Crippen molar-refractivity contribution in [2.24, 2.45) is 5.73 Å². The Hall–Kier alpha value is -1.25. The van der Waals surface area contributed by atoms with Gasteiger partial charge in [0.05, 0.1) is 13.2 Å². The van der Waals surface area contributed by atoms with Crippen LogP contribution in [-0.4, -0.2) is 49.3 Å². The Bertz CT molecular complexity index is 1220. The largest absolute Gasteiger partial charge is 0.472 e. The van der Waals surface area contributed by atoms with Gasteiger partial charge >= 0.3 is 19.8 Å². The Kier molecular flexibility index (Phi) is 59.9. The van der Waals surface area contributed by atoms with Crippen molar-refractivity contribution in [2.45, 2.75) is 360 Å². The predicted octanol–water partition coefficient (Wildman–Crippen LogP) is 20.8. The van der Waals surface area contributed by atoms with Gasteiger partial charge in [0.2, 0.25) is 0 Å². The average molecular weight is 1070 g/mol. The number of phosphoric acid groups is 1. The van der Waals surface area contributed by atoms with Crippen LogP contribution in [0.1, 0.15) is 354 Å². The molecule has 0 aliphatic rings. The molecule has 0 spiro atoms. The molecule has 440 valence electrons. The zero-order valence-corrected chi connectivity index (χ0v) is 50.3. The fourth-order valence-corrected chi connectivity index (χ4v) is 10.8. The first-order valence-corrected chi connectivity index (χ1v) is 34.2. The van der Waals surface area contributed by atoms with Gasteiger partial charge in [-0.15, -0.1) is 0 Å². The predicted molar refractivity (Wildman–Crippen MR) is 317 cm³/mol. The quantitative estimate of drug-likeness (QED) is 0.0264. The van der Waals surface area contributed by atoms with E-state index >= 15 is 0 Å². The topological polar surface area (TPSA) is 134 Å². The zero-order valence-electron chi connectivity index (χ0n) is 49.4. The molecule has 0 amide bonds. The molecule has 2 atom stereocenters. The number of carbonyl (C=O) groups excluding carboxylic acids is 2. The Balaban J connectivity index is 3.78. The van der Waals surface area contributed by atoms with Gasteiger partial charge in [0.15, 0.2) is 6.10 Å². The van der Waals surface area contributed by atoms with Crippen molar-refractivity contribution in [1.82, 2.24) is 0 Å². The molecule has 0 bridgehead atoms. The number of hydrogen-bond donors (Lipinski definition) is 2. The molecule has 0 radical (unpaired) electrons. The van der Waals surface area contributed by atoms with Gasteiger partial charge in [-0.05, 0) is 38.5 Å². The van der Waals surface area contributed by atoms with E-state index in [2.05, 4.69) is 26.0 Å². The first-order valence-electron chi connectivity index (χ1n) is 32.7. The van der Waals surface area contributed by atoms with Crippen LogP contribution in [0.3, 0.4) is 0 Å². The van der Waals surface area contributed by atoms with Gasteiger partial charge in [-0.3, -0.25) is 18.6 Å². The molecule has 9 nitrogen and oxygen atoms in total. The number of rotatable bonds is 63. The Morgan fingerprint density at radius 2 is 0.662 bits per heavy atom. The molecule has 10 heteroatoms. The molecule has 74 heavy (non-hydrogen) atoms. The van der Waals surface area contributed by atoms with E-state index in [4.69, 9.17) is 24.3 Å². The average Bonchev–Trinajstić information content (AvgIpc) is 3.39. The number of ether oxygens (including phenoxy) is 2. The molecule has 3 N–H and O–H groups in total. The van der Waals surface area contributed by atoms with Crippen LogP contribution in [-0.2, 0) is 32.7 Å². The molecule has 0 saturated carbocycles. The van der Waals surface area contributed by atoms with E-state index < -0.39 is 26.5 Å². The Morgan fingerprint density at radius 1 is 0.392 bits per heavy atom. The third-order valence-electron chi connectivity index (χ3n) is 14.9. The smallest absolute Gasteiger partial charge is 0.462 e. The van der Waals surface area contributed by atoms with Gasteiger partial charge in [-0.25, -0.2) is 4.57 Å². The van der Waals surface area contributed by atoms with Crippen LogP contribution in [0, 0.1) is 0 Å². The minimum Gasteiger partial charge on any atom is -0.462 e. The van der Waals surface area contributed by atoms with Crippen molar-refractivity contribution >= 4 is 19.8 Å². The van der Waals surface area contributed by atoms with E-state index in [9.17, 15) is 19.0 Å². The van der Waals surface area contributed by atoms with Crippen molar-refractivity contribution in [1.29, 1.82) is 0 Å². The Labute approximate surface area is 460 Å². The van der Waals surface area contributed by atoms with Crippen molar-refractivity contribution in [3.05, 3.63) is 12.2 Å². The lowest BCUT2D eigenvalue weighted by Gasteiger charge is -2.19. The summed E-state index contributed by atoms with van der Waals surface area (Å²) in [5.41, 5.74) is 5.39. The van der Waals surface area contributed by atoms with Gasteiger partial charge in [0.1, 0.15) is 6.61 Å². The maximum absolute atomic E-state index is 12.7. The van der Waals surface area contributed by atoms with Crippen LogP contribution < -0.4 is 5.73 Å². The standard InChI is InChI=1S/C64H126NO8P/c1-3-5-7-9-11-13-15-17-19-21-23-24-25-26-27-28-29-30-31-32-33-34-35-36-37-38-39-41-43-45-47-49-51-53-55-57-64(67)73-62(61-72-74(68,69)71-59-58-65)60-70-63(66)56-54-52-50-48-46-44-42-40-22-20-18-16-14-12-10-8-6-4-2/h21,23,62H,3-20,22,24-61,65H2,1-2H3,(H,68,69)/b23-21-. The maximum atomic E-state index is 12.7. The highest BCUT2D eigenvalue weighted by molar-refractivity contribution is 7.47. The summed E-state index contributed by atoms with van der Waals surface area (Å²) >= 11 is 0. The maximum Gasteiger partial charge on any atom is 0.472 e. The third kappa shape index (κ3) is 60.0. The van der Waals surface area contributed by atoms with Gasteiger partial charge in [0, 0.05) is 19.4 Å². The van der Waals surface area contributed by atoms with Crippen LogP contribution in [0.5, 0.6) is 0 Å². The van der Waals surface area contributed by atoms with E-state index in [0.717, 1.165) is 32.1 Å². The first kappa shape index (κ1) is 72.8. The molecule has 0 aromatic heterocycles. The van der Waals surface area contributed by atoms with Crippen LogP contribution in [0.4, 0.5) is 0 Å². The second kappa shape index (κ2) is 61.0. The van der Waals surface area contributed by atoms with Crippen LogP contribution in [0.25, 0.3) is 0 Å². The summed E-state index contributed by atoms with van der Waals surface area (Å²) < 4.78 is 33.1. The normalized spacial score (nSPS) is 13.0. The van der Waals surface area contributed by atoms with E-state index in [1.165, 1.54) is 289 Å². The number of allylic oxidation sites excluding steroid dienone is 2. The summed E-state index contributed by atoms with van der Waals surface area (Å²) in [5.74, 6) is -0.803. The van der Waals surface area contributed by atoms with Crippen LogP contribution in [0.15, 0.2) is 12.2 Å². The van der Waals surface area contributed by atoms with Gasteiger partial charge < -0.3 is 20.1 Å². The number of unbranched alkanes of at least 4 members (excludes halogenated alkanes) is 48. The van der Waals surface area contributed by atoms with Crippen molar-refractivity contribution in [3.8, 4) is 0 Å². The van der Waals surface area contributed by atoms with E-state index in [1.807, 2.05) is 0 Å². The molecule has 0 rings (SSSR count). The number of esters is 2. The number of carbonyl (C=O) groups is 2. The number of hydrogen-bond acceptors (Lipinski definition) is 8. The second-order valence-electron chi connectivity index (χ2n) is 22.3. The van der Waals surface area contributed by atoms with Crippen LogP contribution in [0.2, 0.25) is 0 Å². The molecule has 0 fully saturated rings. The lowest BCUT2D eigenvalue weighted by atomic mass is 10.0. The van der Waals surface area contributed by atoms with Gasteiger partial charge in [-0.1, -0.05) is 315 Å². The number of phosphoric ester groups is 1. The molecule has 0 aliphatic carbocycles. The number of nitrogens with two attached hydrogens (primary N) is 1.